The van der Waals surface area contributed by atoms with E-state index in [9.17, 15) is 0 Å². The van der Waals surface area contributed by atoms with Gasteiger partial charge in [-0.2, -0.15) is 0 Å². The zero-order chi connectivity index (χ0) is 21.5. The Morgan fingerprint density at radius 2 is 0.407 bits per heavy atom. The van der Waals surface area contributed by atoms with Crippen molar-refractivity contribution in [3.8, 4) is 0 Å². The van der Waals surface area contributed by atoms with E-state index in [1.54, 1.807) is 0 Å². The molecule has 27 heavy (non-hydrogen) atoms. The van der Waals surface area contributed by atoms with E-state index >= 15 is 0 Å². The number of hydrogen-bond acceptors (Lipinski definition) is 12. The fourth-order valence-electron chi connectivity index (χ4n) is 0. The molecule has 0 atom stereocenters. The third-order valence-corrected chi connectivity index (χ3v) is 0. The van der Waals surface area contributed by atoms with Gasteiger partial charge in [-0.3, -0.25) is 0 Å². The van der Waals surface area contributed by atoms with Gasteiger partial charge in [-0.25, -0.2) is 0 Å². The molecule has 6 N–H and O–H groups in total. The van der Waals surface area contributed by atoms with Gasteiger partial charge in [0, 0.05) is 0 Å². The first-order valence-electron chi connectivity index (χ1n) is 3.79. The van der Waals surface area contributed by atoms with Gasteiger partial charge in [0.25, 0.3) is 0 Å². The summed E-state index contributed by atoms with van der Waals surface area (Å²) in [5.41, 5.74) is 0. The summed E-state index contributed by atoms with van der Waals surface area (Å²) < 4.78 is 0. The van der Waals surface area contributed by atoms with Crippen LogP contribution in [0.1, 0.15) is 0 Å². The molecule has 0 unspecified atom stereocenters. The molecule has 0 saturated carbocycles. The molecule has 0 aromatic carbocycles. The third-order valence-electron chi connectivity index (χ3n) is 0. The van der Waals surface area contributed by atoms with Crippen molar-refractivity contribution in [3.05, 3.63) is 0 Å². The zero-order valence-electron chi connectivity index (χ0n) is 11.6. The fourth-order valence-corrected chi connectivity index (χ4v) is 0. The predicted octanol–water partition coefficient (Wildman–Crippen LogP) is -6.68. The summed E-state index contributed by atoms with van der Waals surface area (Å²) >= 11 is 0. The monoisotopic (exact) mass is 539 g/mol. The van der Waals surface area contributed by atoms with E-state index in [4.69, 9.17) is 90.0 Å². The molecule has 0 bridgehead atoms. The van der Waals surface area contributed by atoms with Crippen LogP contribution in [-0.2, 0) is 50.3 Å². The maximum Gasteiger partial charge on any atom is 2.00 e. The second-order valence-electron chi connectivity index (χ2n) is 1.60. The molecule has 165 valence electrons. The first-order valence-corrected chi connectivity index (χ1v) is 3.79. The van der Waals surface area contributed by atoms with E-state index in [1.165, 1.54) is 0 Å². The van der Waals surface area contributed by atoms with Gasteiger partial charge >= 0.3 is 50.3 Å². The number of rotatable bonds is 0. The van der Waals surface area contributed by atoms with Crippen molar-refractivity contribution in [2.45, 2.75) is 0 Å². The van der Waals surface area contributed by atoms with E-state index in [1.807, 2.05) is 0 Å². The van der Waals surface area contributed by atoms with Crippen molar-refractivity contribution >= 4 is 36.9 Å². The van der Waals surface area contributed by atoms with Gasteiger partial charge in [-0.05, 0) is 0 Å². The SMILES string of the molecule is O=C([O-])O.O=C([O-])O.O=C([O-])O.O=C([O-])O.O=C([O-])O.O=C([O-])O.[Co+2].[Fe+2].[Ni+2]. The molecule has 21 heteroatoms. The Balaban J connectivity index is -0.0000000201. The van der Waals surface area contributed by atoms with E-state index in [0.717, 1.165) is 0 Å². The summed E-state index contributed by atoms with van der Waals surface area (Å²) in [5.74, 6) is 0. The molecule has 0 aliphatic carbocycles. The van der Waals surface area contributed by atoms with Crippen molar-refractivity contribution in [1.82, 2.24) is 0 Å². The summed E-state index contributed by atoms with van der Waals surface area (Å²) in [4.78, 5) is 50.7. The van der Waals surface area contributed by atoms with Gasteiger partial charge < -0.3 is 90.0 Å². The number of hydrogen-bond donors (Lipinski definition) is 6. The predicted molar refractivity (Wildman–Crippen MR) is 48.1 cm³/mol. The molecule has 0 aromatic rings. The van der Waals surface area contributed by atoms with Crippen molar-refractivity contribution in [2.24, 2.45) is 0 Å². The van der Waals surface area contributed by atoms with Crippen LogP contribution in [0.15, 0.2) is 0 Å². The molecule has 0 spiro atoms. The quantitative estimate of drug-likeness (QED) is 0.156. The zero-order valence-corrected chi connectivity index (χ0v) is 14.7. The van der Waals surface area contributed by atoms with Gasteiger partial charge in [0.15, 0.2) is 0 Å². The molecule has 0 heterocycles. The Hall–Kier alpha value is -2.86. The summed E-state index contributed by atoms with van der Waals surface area (Å²) in [7, 11) is 0. The standard InChI is InChI=1S/6CH2O3.Co.Fe.Ni/c6*2-1(3)4;;;/h6*(H2,2,3,4);;;/q;;;;;;3*+2/p-6. The van der Waals surface area contributed by atoms with Crippen LogP contribution in [0.4, 0.5) is 28.8 Å². The second kappa shape index (κ2) is 49.5. The summed E-state index contributed by atoms with van der Waals surface area (Å²) in [5, 5.41) is 91.8. The summed E-state index contributed by atoms with van der Waals surface area (Å²) in [6.07, 6.45) is -12.5. The van der Waals surface area contributed by atoms with Crippen LogP contribution in [0.25, 0.3) is 0 Å². The first kappa shape index (κ1) is 56.4. The minimum atomic E-state index is -2.08. The molecule has 0 rings (SSSR count). The van der Waals surface area contributed by atoms with Crippen molar-refractivity contribution < 1.29 is 140 Å². The molecule has 1 radical (unpaired) electrons. The van der Waals surface area contributed by atoms with E-state index in [-0.39, 0.29) is 50.3 Å². The van der Waals surface area contributed by atoms with Gasteiger partial charge in [0.2, 0.25) is 36.9 Å². The van der Waals surface area contributed by atoms with Crippen molar-refractivity contribution in [3.63, 3.8) is 0 Å². The molecule has 0 fully saturated rings. The van der Waals surface area contributed by atoms with Crippen LogP contribution in [0.5, 0.6) is 0 Å². The van der Waals surface area contributed by atoms with Crippen molar-refractivity contribution in [1.29, 1.82) is 0 Å². The molecule has 0 aliphatic rings. The van der Waals surface area contributed by atoms with Gasteiger partial charge in [-0.1, -0.05) is 0 Å². The van der Waals surface area contributed by atoms with Crippen LogP contribution >= 0.6 is 0 Å². The van der Waals surface area contributed by atoms with E-state index < -0.39 is 36.9 Å². The normalized spacial score (nSPS) is 5.33. The Morgan fingerprint density at radius 1 is 0.407 bits per heavy atom. The average molecular weight is 540 g/mol. The van der Waals surface area contributed by atoms with E-state index in [2.05, 4.69) is 0 Å². The maximum absolute atomic E-state index is 8.44. The molecule has 0 saturated heterocycles. The van der Waals surface area contributed by atoms with Crippen LogP contribution in [-0.4, -0.2) is 67.6 Å². The molecule has 0 amide bonds. The number of carbonyl (C=O) groups is 6. The van der Waals surface area contributed by atoms with Crippen LogP contribution < -0.4 is 30.6 Å². The maximum atomic E-state index is 8.44. The largest absolute Gasteiger partial charge is 2.00 e. The first-order chi connectivity index (χ1) is 10.4. The molecular weight excluding hydrogens is 534 g/mol. The minimum absolute atomic E-state index is 0. The summed E-state index contributed by atoms with van der Waals surface area (Å²) in [6.45, 7) is 0. The van der Waals surface area contributed by atoms with Crippen LogP contribution in [0.3, 0.4) is 0 Å². The minimum Gasteiger partial charge on any atom is -0.565 e. The second-order valence-corrected chi connectivity index (χ2v) is 1.60. The van der Waals surface area contributed by atoms with Crippen LogP contribution in [0, 0.1) is 0 Å². The smallest absolute Gasteiger partial charge is 0.565 e. The molecule has 0 aromatic heterocycles. The Labute approximate surface area is 177 Å². The van der Waals surface area contributed by atoms with Gasteiger partial charge in [-0.15, -0.1) is 0 Å². The molecule has 0 aliphatic heterocycles. The Kier molecular flexibility index (Phi) is 103. The van der Waals surface area contributed by atoms with E-state index in [0.29, 0.717) is 0 Å². The third kappa shape index (κ3) is 1260. The Morgan fingerprint density at radius 3 is 0.407 bits per heavy atom. The van der Waals surface area contributed by atoms with Gasteiger partial charge in [0.05, 0.1) is 0 Å². The fraction of sp³-hybridized carbons (Fsp3) is 0. The van der Waals surface area contributed by atoms with Crippen molar-refractivity contribution in [2.75, 3.05) is 0 Å². The Bertz CT molecular complexity index is 269. The average Bonchev–Trinajstić information content (AvgIpc) is 2.08. The topological polar surface area (TPSA) is 362 Å². The number of carboxylic acid groups (broad SMARTS) is 12. The molecular formula is C6H6CoFeNiO18. The van der Waals surface area contributed by atoms with Crippen LogP contribution in [0.2, 0.25) is 0 Å². The molecule has 18 nitrogen and oxygen atoms in total. The van der Waals surface area contributed by atoms with Gasteiger partial charge in [0.1, 0.15) is 0 Å². The summed E-state index contributed by atoms with van der Waals surface area (Å²) in [6, 6.07) is 0.